The molecule has 0 rings (SSSR count). The first-order valence-electron chi connectivity index (χ1n) is 26.8. The molecule has 0 aliphatic carbocycles. The number of unbranched alkanes of at least 4 members (excludes halogenated alkanes) is 37. The second-order valence-corrected chi connectivity index (χ2v) is 18.6. The average Bonchev–Trinajstić information content (AvgIpc) is 3.23. The SMILES string of the molecule is CCCCCCCCCCCCCCCCCCC(=O)OC(CCCCCCCCCCC)CC(=O)NC(CO)C(O)CCCCCCCCCCCCCCCCC. The Morgan fingerprint density at radius 3 is 1.03 bits per heavy atom. The molecule has 0 aromatic rings. The third kappa shape index (κ3) is 43.3. The summed E-state index contributed by atoms with van der Waals surface area (Å²) >= 11 is 0. The minimum absolute atomic E-state index is 0.0872. The molecule has 3 N–H and O–H groups in total. The number of amides is 1. The van der Waals surface area contributed by atoms with E-state index in [-0.39, 0.29) is 24.9 Å². The predicted molar refractivity (Wildman–Crippen MR) is 255 cm³/mol. The summed E-state index contributed by atoms with van der Waals surface area (Å²) in [5.74, 6) is -0.452. The molecule has 59 heavy (non-hydrogen) atoms. The van der Waals surface area contributed by atoms with Gasteiger partial charge in [-0.25, -0.2) is 0 Å². The molecule has 6 nitrogen and oxygen atoms in total. The zero-order valence-corrected chi connectivity index (χ0v) is 40.2. The molecule has 0 aromatic heterocycles. The highest BCUT2D eigenvalue weighted by atomic mass is 16.5. The van der Waals surface area contributed by atoms with E-state index in [9.17, 15) is 19.8 Å². The summed E-state index contributed by atoms with van der Waals surface area (Å²) in [7, 11) is 0. The monoisotopic (exact) mass is 836 g/mol. The van der Waals surface area contributed by atoms with E-state index in [0.29, 0.717) is 19.3 Å². The Labute approximate surface area is 368 Å². The fourth-order valence-electron chi connectivity index (χ4n) is 8.61. The average molecular weight is 836 g/mol. The van der Waals surface area contributed by atoms with Crippen molar-refractivity contribution in [1.82, 2.24) is 5.32 Å². The molecule has 0 heterocycles. The summed E-state index contributed by atoms with van der Waals surface area (Å²) in [4.78, 5) is 26.1. The van der Waals surface area contributed by atoms with Gasteiger partial charge >= 0.3 is 5.97 Å². The van der Waals surface area contributed by atoms with Crippen LogP contribution in [-0.4, -0.2) is 46.9 Å². The summed E-state index contributed by atoms with van der Waals surface area (Å²) < 4.78 is 5.93. The summed E-state index contributed by atoms with van der Waals surface area (Å²) in [5, 5.41) is 23.8. The van der Waals surface area contributed by atoms with Gasteiger partial charge in [0.15, 0.2) is 0 Å². The second kappa shape index (κ2) is 47.9. The van der Waals surface area contributed by atoms with Gasteiger partial charge in [0.1, 0.15) is 6.10 Å². The van der Waals surface area contributed by atoms with E-state index in [1.807, 2.05) is 0 Å². The van der Waals surface area contributed by atoms with Gasteiger partial charge < -0.3 is 20.3 Å². The van der Waals surface area contributed by atoms with Crippen LogP contribution in [0, 0.1) is 0 Å². The molecule has 6 heteroatoms. The molecule has 0 spiro atoms. The molecule has 3 unspecified atom stereocenters. The van der Waals surface area contributed by atoms with Crippen LogP contribution in [0.4, 0.5) is 0 Å². The van der Waals surface area contributed by atoms with Gasteiger partial charge in [0.05, 0.1) is 25.2 Å². The molecule has 0 saturated carbocycles. The van der Waals surface area contributed by atoms with Crippen LogP contribution in [0.1, 0.15) is 303 Å². The molecule has 0 aliphatic rings. The molecule has 0 radical (unpaired) electrons. The standard InChI is InChI=1S/C53H105NO5/c1-4-7-10-13-16-19-21-23-25-27-29-31-34-37-40-43-46-53(58)59-49(44-41-38-35-32-18-15-12-9-6-3)47-52(57)54-50(48-55)51(56)45-42-39-36-33-30-28-26-24-22-20-17-14-11-8-5-2/h49-51,55-56H,4-48H2,1-3H3,(H,54,57). The molecule has 1 amide bonds. The molecule has 0 bridgehead atoms. The molecule has 0 aliphatic heterocycles. The lowest BCUT2D eigenvalue weighted by Crippen LogP contribution is -2.46. The van der Waals surface area contributed by atoms with Gasteiger partial charge in [-0.2, -0.15) is 0 Å². The number of esters is 1. The van der Waals surface area contributed by atoms with E-state index in [2.05, 4.69) is 26.1 Å². The maximum atomic E-state index is 13.2. The lowest BCUT2D eigenvalue weighted by Gasteiger charge is -2.24. The van der Waals surface area contributed by atoms with Gasteiger partial charge in [0.2, 0.25) is 5.91 Å². The molecule has 3 atom stereocenters. The van der Waals surface area contributed by atoms with Crippen LogP contribution < -0.4 is 5.32 Å². The zero-order valence-electron chi connectivity index (χ0n) is 40.2. The van der Waals surface area contributed by atoms with Crippen molar-refractivity contribution in [3.05, 3.63) is 0 Å². The Bertz CT molecular complexity index is 852. The van der Waals surface area contributed by atoms with Gasteiger partial charge in [-0.05, 0) is 25.7 Å². The van der Waals surface area contributed by atoms with Crippen LogP contribution in [0.25, 0.3) is 0 Å². The number of carbonyl (C=O) groups is 2. The Balaban J connectivity index is 4.38. The van der Waals surface area contributed by atoms with Crippen LogP contribution in [0.2, 0.25) is 0 Å². The van der Waals surface area contributed by atoms with Crippen LogP contribution in [0.3, 0.4) is 0 Å². The first-order chi connectivity index (χ1) is 29.0. The lowest BCUT2D eigenvalue weighted by molar-refractivity contribution is -0.151. The van der Waals surface area contributed by atoms with Crippen molar-refractivity contribution in [3.63, 3.8) is 0 Å². The Hall–Kier alpha value is -1.14. The molecule has 352 valence electrons. The smallest absolute Gasteiger partial charge is 0.306 e. The summed E-state index contributed by atoms with van der Waals surface area (Å²) in [6, 6.07) is -0.691. The van der Waals surface area contributed by atoms with Crippen LogP contribution >= 0.6 is 0 Å². The number of aliphatic hydroxyl groups excluding tert-OH is 2. The summed E-state index contributed by atoms with van der Waals surface area (Å²) in [5.41, 5.74) is 0. The quantitative estimate of drug-likeness (QED) is 0.0419. The minimum Gasteiger partial charge on any atom is -0.462 e. The number of hydrogen-bond acceptors (Lipinski definition) is 5. The van der Waals surface area contributed by atoms with E-state index in [1.54, 1.807) is 0 Å². The van der Waals surface area contributed by atoms with Crippen LogP contribution in [0.5, 0.6) is 0 Å². The third-order valence-electron chi connectivity index (χ3n) is 12.7. The van der Waals surface area contributed by atoms with E-state index in [1.165, 1.54) is 218 Å². The van der Waals surface area contributed by atoms with Crippen molar-refractivity contribution >= 4 is 11.9 Å². The van der Waals surface area contributed by atoms with Gasteiger partial charge in [0, 0.05) is 6.42 Å². The largest absolute Gasteiger partial charge is 0.462 e. The number of hydrogen-bond donors (Lipinski definition) is 3. The van der Waals surface area contributed by atoms with E-state index in [4.69, 9.17) is 4.74 Å². The van der Waals surface area contributed by atoms with Crippen molar-refractivity contribution in [3.8, 4) is 0 Å². The first kappa shape index (κ1) is 57.9. The van der Waals surface area contributed by atoms with E-state index in [0.717, 1.165) is 38.5 Å². The summed E-state index contributed by atoms with van der Waals surface area (Å²) in [6.07, 6.45) is 51.7. The highest BCUT2D eigenvalue weighted by molar-refractivity contribution is 5.77. The van der Waals surface area contributed by atoms with Crippen molar-refractivity contribution in [2.75, 3.05) is 6.61 Å². The Morgan fingerprint density at radius 2 is 0.712 bits per heavy atom. The van der Waals surface area contributed by atoms with Crippen molar-refractivity contribution in [2.45, 2.75) is 322 Å². The van der Waals surface area contributed by atoms with Crippen molar-refractivity contribution < 1.29 is 24.5 Å². The van der Waals surface area contributed by atoms with Crippen molar-refractivity contribution in [1.29, 1.82) is 0 Å². The molecule has 0 fully saturated rings. The summed E-state index contributed by atoms with van der Waals surface area (Å²) in [6.45, 7) is 6.51. The number of ether oxygens (including phenoxy) is 1. The molecular formula is C53H105NO5. The fourth-order valence-corrected chi connectivity index (χ4v) is 8.61. The Kier molecular flexibility index (Phi) is 47.0. The van der Waals surface area contributed by atoms with Gasteiger partial charge in [0.25, 0.3) is 0 Å². The fraction of sp³-hybridized carbons (Fsp3) is 0.962. The topological polar surface area (TPSA) is 95.9 Å². The molecule has 0 saturated heterocycles. The number of nitrogens with one attached hydrogen (secondary N) is 1. The second-order valence-electron chi connectivity index (χ2n) is 18.6. The zero-order chi connectivity index (χ0) is 43.1. The third-order valence-corrected chi connectivity index (χ3v) is 12.7. The van der Waals surface area contributed by atoms with Gasteiger partial charge in [-0.15, -0.1) is 0 Å². The number of aliphatic hydroxyl groups is 2. The van der Waals surface area contributed by atoms with Crippen molar-refractivity contribution in [2.24, 2.45) is 0 Å². The highest BCUT2D eigenvalue weighted by Crippen LogP contribution is 2.19. The lowest BCUT2D eigenvalue weighted by atomic mass is 10.0. The highest BCUT2D eigenvalue weighted by Gasteiger charge is 2.24. The predicted octanol–water partition coefficient (Wildman–Crippen LogP) is 16.0. The van der Waals surface area contributed by atoms with Gasteiger partial charge in [-0.1, -0.05) is 265 Å². The Morgan fingerprint density at radius 1 is 0.424 bits per heavy atom. The minimum atomic E-state index is -0.779. The van der Waals surface area contributed by atoms with E-state index >= 15 is 0 Å². The van der Waals surface area contributed by atoms with Crippen LogP contribution in [0.15, 0.2) is 0 Å². The van der Waals surface area contributed by atoms with Gasteiger partial charge in [-0.3, -0.25) is 9.59 Å². The number of rotatable bonds is 49. The normalized spacial score (nSPS) is 13.1. The first-order valence-corrected chi connectivity index (χ1v) is 26.8. The molecule has 0 aromatic carbocycles. The van der Waals surface area contributed by atoms with Crippen LogP contribution in [-0.2, 0) is 14.3 Å². The maximum absolute atomic E-state index is 13.2. The molecular weight excluding hydrogens is 731 g/mol. The maximum Gasteiger partial charge on any atom is 0.306 e. The van der Waals surface area contributed by atoms with E-state index < -0.39 is 18.2 Å². The number of carbonyl (C=O) groups excluding carboxylic acids is 2.